The number of hydrogen-bond acceptors (Lipinski definition) is 4. The maximum absolute atomic E-state index is 14.0. The molecule has 0 saturated carbocycles. The van der Waals surface area contributed by atoms with Crippen LogP contribution in [0.1, 0.15) is 12.0 Å². The topological polar surface area (TPSA) is 44.8 Å². The minimum atomic E-state index is -2.71. The van der Waals surface area contributed by atoms with E-state index in [9.17, 15) is 13.6 Å². The van der Waals surface area contributed by atoms with Gasteiger partial charge in [0, 0.05) is 26.2 Å². The minimum absolute atomic E-state index is 0. The van der Waals surface area contributed by atoms with Crippen molar-refractivity contribution in [2.45, 2.75) is 25.0 Å². The summed E-state index contributed by atoms with van der Waals surface area (Å²) < 4.78 is 33.3. The summed E-state index contributed by atoms with van der Waals surface area (Å²) in [6.45, 7) is 2.34. The first-order valence-electron chi connectivity index (χ1n) is 8.34. The molecule has 0 bridgehead atoms. The summed E-state index contributed by atoms with van der Waals surface area (Å²) in [5, 5.41) is 2.74. The molecule has 2 saturated heterocycles. The molecule has 1 aromatic rings. The van der Waals surface area contributed by atoms with E-state index in [1.54, 1.807) is 4.90 Å². The van der Waals surface area contributed by atoms with E-state index in [0.717, 1.165) is 5.56 Å². The highest BCUT2D eigenvalue weighted by atomic mass is 35.5. The SMILES string of the molecule is Cl.O=C(OCc1ccccc1)N1CCN(C2CCNCC2(F)F)CC1. The zero-order chi connectivity index (χ0) is 17.0. The third-order valence-corrected chi connectivity index (χ3v) is 4.66. The van der Waals surface area contributed by atoms with E-state index in [-0.39, 0.29) is 31.7 Å². The zero-order valence-corrected chi connectivity index (χ0v) is 14.8. The summed E-state index contributed by atoms with van der Waals surface area (Å²) in [7, 11) is 0. The molecule has 2 heterocycles. The molecule has 1 unspecified atom stereocenters. The van der Waals surface area contributed by atoms with Gasteiger partial charge >= 0.3 is 6.09 Å². The third-order valence-electron chi connectivity index (χ3n) is 4.66. The number of piperidine rings is 1. The van der Waals surface area contributed by atoms with Crippen LogP contribution in [-0.2, 0) is 11.3 Å². The van der Waals surface area contributed by atoms with Gasteiger partial charge in [0.2, 0.25) is 0 Å². The number of carbonyl (C=O) groups is 1. The largest absolute Gasteiger partial charge is 0.445 e. The molecular weight excluding hydrogens is 352 g/mol. The molecule has 3 rings (SSSR count). The summed E-state index contributed by atoms with van der Waals surface area (Å²) >= 11 is 0. The van der Waals surface area contributed by atoms with Gasteiger partial charge in [0.1, 0.15) is 6.61 Å². The molecule has 140 valence electrons. The normalized spacial score (nSPS) is 23.6. The van der Waals surface area contributed by atoms with Crippen LogP contribution in [-0.4, -0.2) is 67.1 Å². The third kappa shape index (κ3) is 5.03. The number of carbonyl (C=O) groups excluding carboxylic acids is 1. The van der Waals surface area contributed by atoms with Crippen LogP contribution in [0, 0.1) is 0 Å². The number of amides is 1. The number of ether oxygens (including phenoxy) is 1. The fourth-order valence-corrected chi connectivity index (χ4v) is 3.30. The number of halogens is 3. The Bertz CT molecular complexity index is 554. The maximum atomic E-state index is 14.0. The average molecular weight is 376 g/mol. The number of benzene rings is 1. The smallest absolute Gasteiger partial charge is 0.410 e. The van der Waals surface area contributed by atoms with Crippen LogP contribution in [0.15, 0.2) is 30.3 Å². The number of nitrogens with one attached hydrogen (secondary N) is 1. The van der Waals surface area contributed by atoms with Gasteiger partial charge in [0.15, 0.2) is 0 Å². The van der Waals surface area contributed by atoms with Crippen molar-refractivity contribution in [2.75, 3.05) is 39.3 Å². The van der Waals surface area contributed by atoms with E-state index >= 15 is 0 Å². The van der Waals surface area contributed by atoms with Crippen molar-refractivity contribution in [3.05, 3.63) is 35.9 Å². The Labute approximate surface area is 152 Å². The summed E-state index contributed by atoms with van der Waals surface area (Å²) in [5.41, 5.74) is 0.929. The first kappa shape index (κ1) is 19.9. The van der Waals surface area contributed by atoms with E-state index in [1.165, 1.54) is 0 Å². The number of rotatable bonds is 3. The Morgan fingerprint density at radius 2 is 1.88 bits per heavy atom. The number of piperazine rings is 1. The molecule has 1 aromatic carbocycles. The van der Waals surface area contributed by atoms with Gasteiger partial charge in [0.05, 0.1) is 12.6 Å². The molecule has 0 spiro atoms. The monoisotopic (exact) mass is 375 g/mol. The summed E-state index contributed by atoms with van der Waals surface area (Å²) in [5.74, 6) is -2.71. The molecule has 0 radical (unpaired) electrons. The summed E-state index contributed by atoms with van der Waals surface area (Å²) in [6, 6.07) is 8.74. The van der Waals surface area contributed by atoms with Crippen LogP contribution in [0.25, 0.3) is 0 Å². The van der Waals surface area contributed by atoms with Gasteiger partial charge < -0.3 is 15.0 Å². The average Bonchev–Trinajstić information content (AvgIpc) is 2.60. The van der Waals surface area contributed by atoms with Gasteiger partial charge in [-0.2, -0.15) is 0 Å². The van der Waals surface area contributed by atoms with Crippen molar-refractivity contribution in [1.29, 1.82) is 0 Å². The van der Waals surface area contributed by atoms with Gasteiger partial charge in [-0.15, -0.1) is 12.4 Å². The Morgan fingerprint density at radius 1 is 1.20 bits per heavy atom. The highest BCUT2D eigenvalue weighted by Gasteiger charge is 2.45. The van der Waals surface area contributed by atoms with Crippen LogP contribution in [0.4, 0.5) is 13.6 Å². The summed E-state index contributed by atoms with van der Waals surface area (Å²) in [4.78, 5) is 15.5. The fourth-order valence-electron chi connectivity index (χ4n) is 3.30. The molecule has 5 nitrogen and oxygen atoms in total. The molecule has 25 heavy (non-hydrogen) atoms. The van der Waals surface area contributed by atoms with Gasteiger partial charge in [-0.25, -0.2) is 13.6 Å². The second-order valence-corrected chi connectivity index (χ2v) is 6.31. The molecule has 0 aromatic heterocycles. The molecule has 0 aliphatic carbocycles. The van der Waals surface area contributed by atoms with E-state index in [2.05, 4.69) is 5.32 Å². The Morgan fingerprint density at radius 3 is 2.52 bits per heavy atom. The fraction of sp³-hybridized carbons (Fsp3) is 0.588. The zero-order valence-electron chi connectivity index (χ0n) is 14.0. The molecule has 8 heteroatoms. The van der Waals surface area contributed by atoms with Crippen molar-refractivity contribution in [1.82, 2.24) is 15.1 Å². The molecule has 1 atom stereocenters. The highest BCUT2D eigenvalue weighted by Crippen LogP contribution is 2.28. The highest BCUT2D eigenvalue weighted by molar-refractivity contribution is 5.85. The lowest BCUT2D eigenvalue weighted by Crippen LogP contribution is -2.61. The molecule has 2 fully saturated rings. The number of hydrogen-bond donors (Lipinski definition) is 1. The lowest BCUT2D eigenvalue weighted by Gasteiger charge is -2.43. The van der Waals surface area contributed by atoms with E-state index < -0.39 is 12.0 Å². The summed E-state index contributed by atoms with van der Waals surface area (Å²) in [6.07, 6.45) is 0.0569. The molecule has 1 amide bonds. The van der Waals surface area contributed by atoms with Crippen LogP contribution in [0.3, 0.4) is 0 Å². The molecule has 2 aliphatic heterocycles. The lowest BCUT2D eigenvalue weighted by atomic mass is 10.00. The van der Waals surface area contributed by atoms with Crippen molar-refractivity contribution in [3.63, 3.8) is 0 Å². The first-order chi connectivity index (χ1) is 11.6. The van der Waals surface area contributed by atoms with E-state index in [4.69, 9.17) is 4.74 Å². The first-order valence-corrected chi connectivity index (χ1v) is 8.34. The lowest BCUT2D eigenvalue weighted by molar-refractivity contribution is -0.103. The predicted molar refractivity (Wildman–Crippen MR) is 93.2 cm³/mol. The van der Waals surface area contributed by atoms with Crippen LogP contribution >= 0.6 is 12.4 Å². The Kier molecular flexibility index (Phi) is 6.98. The number of alkyl halides is 2. The van der Waals surface area contributed by atoms with Crippen LogP contribution in [0.5, 0.6) is 0 Å². The van der Waals surface area contributed by atoms with Gasteiger partial charge in [-0.05, 0) is 18.5 Å². The van der Waals surface area contributed by atoms with Gasteiger partial charge in [-0.3, -0.25) is 4.90 Å². The van der Waals surface area contributed by atoms with Crippen molar-refractivity contribution in [3.8, 4) is 0 Å². The predicted octanol–water partition coefficient (Wildman–Crippen LogP) is 2.36. The molecule has 2 aliphatic rings. The van der Waals surface area contributed by atoms with E-state index in [1.807, 2.05) is 35.2 Å². The van der Waals surface area contributed by atoms with Gasteiger partial charge in [-0.1, -0.05) is 30.3 Å². The Hall–Kier alpha value is -1.44. The van der Waals surface area contributed by atoms with Crippen molar-refractivity contribution < 1.29 is 18.3 Å². The quantitative estimate of drug-likeness (QED) is 0.881. The minimum Gasteiger partial charge on any atom is -0.445 e. The second kappa shape index (κ2) is 8.78. The van der Waals surface area contributed by atoms with Crippen LogP contribution < -0.4 is 5.32 Å². The standard InChI is InChI=1S/C17H23F2N3O2.ClH/c18-17(19)13-20-7-6-15(17)21-8-10-22(11-9-21)16(23)24-12-14-4-2-1-3-5-14;/h1-5,15,20H,6-13H2;1H. The molecule has 1 N–H and O–H groups in total. The second-order valence-electron chi connectivity index (χ2n) is 6.31. The van der Waals surface area contributed by atoms with Crippen LogP contribution in [0.2, 0.25) is 0 Å². The van der Waals surface area contributed by atoms with E-state index in [0.29, 0.717) is 39.1 Å². The number of nitrogens with zero attached hydrogens (tertiary/aromatic N) is 2. The van der Waals surface area contributed by atoms with Crippen molar-refractivity contribution >= 4 is 18.5 Å². The maximum Gasteiger partial charge on any atom is 0.410 e. The molecular formula is C17H24ClF2N3O2. The van der Waals surface area contributed by atoms with Gasteiger partial charge in [0.25, 0.3) is 5.92 Å². The Balaban J connectivity index is 0.00000225. The van der Waals surface area contributed by atoms with Crippen molar-refractivity contribution in [2.24, 2.45) is 0 Å².